The maximum Gasteiger partial charge on any atom is 0.337 e. The molecule has 6 nitrogen and oxygen atoms in total. The number of benzene rings is 1. The number of hydrogen-bond acceptors (Lipinski definition) is 4. The number of piperidine rings is 1. The molecule has 1 fully saturated rings. The Balaban J connectivity index is 1.99. The molecule has 1 aromatic carbocycles. The van der Waals surface area contributed by atoms with Crippen LogP contribution < -0.4 is 0 Å². The van der Waals surface area contributed by atoms with E-state index in [1.807, 2.05) is 0 Å². The number of alkyl halides is 2. The van der Waals surface area contributed by atoms with Crippen LogP contribution in [0.5, 0.6) is 0 Å². The number of carbonyl (C=O) groups excluding carboxylic acids is 1. The van der Waals surface area contributed by atoms with Crippen LogP contribution in [0.15, 0.2) is 24.3 Å². The van der Waals surface area contributed by atoms with Crippen molar-refractivity contribution in [2.45, 2.75) is 37.2 Å². The number of amides is 1. The number of aliphatic carboxylic acids is 1. The van der Waals surface area contributed by atoms with E-state index in [-0.39, 0.29) is 23.8 Å². The van der Waals surface area contributed by atoms with Crippen molar-refractivity contribution in [2.24, 2.45) is 5.92 Å². The molecule has 1 aliphatic rings. The molecule has 1 saturated heterocycles. The molecule has 1 heterocycles. The Kier molecular flexibility index (Phi) is 6.69. The smallest absolute Gasteiger partial charge is 0.337 e. The lowest BCUT2D eigenvalue weighted by atomic mass is 9.93. The summed E-state index contributed by atoms with van der Waals surface area (Å²) in [6, 6.07) is 5.58. The minimum atomic E-state index is -4.50. The Morgan fingerprint density at radius 3 is 2.46 bits per heavy atom. The number of rotatable bonds is 7. The van der Waals surface area contributed by atoms with Crippen LogP contribution in [0.2, 0.25) is 0 Å². The van der Waals surface area contributed by atoms with Gasteiger partial charge >= 0.3 is 11.7 Å². The molecular formula is C17H21F2NO5S. The monoisotopic (exact) mass is 389 g/mol. The summed E-state index contributed by atoms with van der Waals surface area (Å²) >= 11 is 0. The molecule has 0 aromatic heterocycles. The third-order valence-electron chi connectivity index (χ3n) is 4.41. The Hall–Kier alpha value is -2.03. The first kappa shape index (κ1) is 20.3. The molecule has 9 heteroatoms. The van der Waals surface area contributed by atoms with Gasteiger partial charge in [-0.2, -0.15) is 8.78 Å². The number of carboxylic acid groups (broad SMARTS) is 1. The SMILES string of the molecule is O=C(O)CCC1CCCN(C(=O)c2ccc(CS(=O)(=O)C(F)F)cc2)C1. The van der Waals surface area contributed by atoms with E-state index in [4.69, 9.17) is 5.11 Å². The molecule has 26 heavy (non-hydrogen) atoms. The number of carboxylic acids is 1. The number of hydrogen-bond donors (Lipinski definition) is 1. The van der Waals surface area contributed by atoms with Crippen molar-refractivity contribution in [3.05, 3.63) is 35.4 Å². The molecule has 0 saturated carbocycles. The molecule has 144 valence electrons. The van der Waals surface area contributed by atoms with Crippen molar-refractivity contribution in [2.75, 3.05) is 13.1 Å². The van der Waals surface area contributed by atoms with Gasteiger partial charge < -0.3 is 10.0 Å². The van der Waals surface area contributed by atoms with E-state index in [2.05, 4.69) is 0 Å². The fourth-order valence-corrected chi connectivity index (χ4v) is 3.82. The first-order valence-electron chi connectivity index (χ1n) is 8.29. The second-order valence-electron chi connectivity index (χ2n) is 6.46. The van der Waals surface area contributed by atoms with E-state index >= 15 is 0 Å². The van der Waals surface area contributed by atoms with Gasteiger partial charge in [0.2, 0.25) is 9.84 Å². The highest BCUT2D eigenvalue weighted by atomic mass is 32.2. The van der Waals surface area contributed by atoms with E-state index < -0.39 is 27.3 Å². The molecule has 2 rings (SSSR count). The number of likely N-dealkylation sites (tertiary alicyclic amines) is 1. The zero-order valence-corrected chi connectivity index (χ0v) is 14.9. The lowest BCUT2D eigenvalue weighted by Gasteiger charge is -2.32. The van der Waals surface area contributed by atoms with Crippen molar-refractivity contribution < 1.29 is 31.9 Å². The van der Waals surface area contributed by atoms with Gasteiger partial charge in [-0.1, -0.05) is 12.1 Å². The summed E-state index contributed by atoms with van der Waals surface area (Å²) in [5.41, 5.74) is 0.543. The van der Waals surface area contributed by atoms with Gasteiger partial charge in [-0.3, -0.25) is 9.59 Å². The Morgan fingerprint density at radius 1 is 1.23 bits per heavy atom. The molecule has 0 aliphatic carbocycles. The maximum absolute atomic E-state index is 12.6. The summed E-state index contributed by atoms with van der Waals surface area (Å²) in [5.74, 6) is -5.16. The van der Waals surface area contributed by atoms with Gasteiger partial charge in [0.25, 0.3) is 5.91 Å². The second kappa shape index (κ2) is 8.57. The summed E-state index contributed by atoms with van der Waals surface area (Å²) < 4.78 is 47.3. The van der Waals surface area contributed by atoms with Crippen LogP contribution in [-0.2, 0) is 20.4 Å². The van der Waals surface area contributed by atoms with Gasteiger partial charge in [-0.15, -0.1) is 0 Å². The normalized spacial score (nSPS) is 18.1. The first-order chi connectivity index (χ1) is 12.2. The number of nitrogens with zero attached hydrogens (tertiary/aromatic N) is 1. The predicted molar refractivity (Wildman–Crippen MR) is 90.6 cm³/mol. The highest BCUT2D eigenvalue weighted by Crippen LogP contribution is 2.23. The molecule has 0 bridgehead atoms. The first-order valence-corrected chi connectivity index (χ1v) is 10.0. The largest absolute Gasteiger partial charge is 0.481 e. The lowest BCUT2D eigenvalue weighted by Crippen LogP contribution is -2.40. The Morgan fingerprint density at radius 2 is 1.88 bits per heavy atom. The van der Waals surface area contributed by atoms with E-state index in [9.17, 15) is 26.8 Å². The van der Waals surface area contributed by atoms with Crippen molar-refractivity contribution in [1.29, 1.82) is 0 Å². The molecule has 0 spiro atoms. The highest BCUT2D eigenvalue weighted by molar-refractivity contribution is 7.90. The summed E-state index contributed by atoms with van der Waals surface area (Å²) in [7, 11) is -4.50. The van der Waals surface area contributed by atoms with Crippen LogP contribution in [0.25, 0.3) is 0 Å². The van der Waals surface area contributed by atoms with Gasteiger partial charge in [-0.25, -0.2) is 8.42 Å². The molecule has 1 aromatic rings. The molecule has 1 N–H and O–H groups in total. The van der Waals surface area contributed by atoms with E-state index in [0.717, 1.165) is 12.8 Å². The van der Waals surface area contributed by atoms with Crippen molar-refractivity contribution >= 4 is 21.7 Å². The topological polar surface area (TPSA) is 91.8 Å². The third kappa shape index (κ3) is 5.48. The summed E-state index contributed by atoms with van der Waals surface area (Å²) in [6.07, 6.45) is 2.26. The zero-order chi connectivity index (χ0) is 19.3. The quantitative estimate of drug-likeness (QED) is 0.774. The molecular weight excluding hydrogens is 368 g/mol. The number of sulfone groups is 1. The van der Waals surface area contributed by atoms with E-state index in [0.29, 0.717) is 25.1 Å². The number of halogens is 2. The lowest BCUT2D eigenvalue weighted by molar-refractivity contribution is -0.137. The standard InChI is InChI=1S/C17H21F2NO5S/c18-17(19)26(24,25)11-13-3-6-14(7-4-13)16(23)20-9-1-2-12(10-20)5-8-15(21)22/h3-4,6-7,12,17H,1-2,5,8-11H2,(H,21,22). The van der Waals surface area contributed by atoms with Gasteiger partial charge in [0.1, 0.15) is 0 Å². The van der Waals surface area contributed by atoms with Gasteiger partial charge in [0.15, 0.2) is 0 Å². The molecule has 1 atom stereocenters. The van der Waals surface area contributed by atoms with E-state index in [1.54, 1.807) is 4.90 Å². The van der Waals surface area contributed by atoms with Crippen LogP contribution in [0.4, 0.5) is 8.78 Å². The van der Waals surface area contributed by atoms with Gasteiger partial charge in [-0.05, 0) is 42.9 Å². The zero-order valence-electron chi connectivity index (χ0n) is 14.1. The fourth-order valence-electron chi connectivity index (χ4n) is 3.03. The summed E-state index contributed by atoms with van der Waals surface area (Å²) in [5, 5.41) is 8.77. The average molecular weight is 389 g/mol. The second-order valence-corrected chi connectivity index (χ2v) is 8.43. The summed E-state index contributed by atoms with van der Waals surface area (Å²) in [4.78, 5) is 24.9. The minimum Gasteiger partial charge on any atom is -0.481 e. The Bertz CT molecular complexity index is 749. The molecule has 1 aliphatic heterocycles. The maximum atomic E-state index is 12.6. The van der Waals surface area contributed by atoms with Crippen molar-refractivity contribution in [3.63, 3.8) is 0 Å². The summed E-state index contributed by atoms with van der Waals surface area (Å²) in [6.45, 7) is 1.05. The molecule has 1 unspecified atom stereocenters. The van der Waals surface area contributed by atoms with Crippen LogP contribution in [-0.4, -0.2) is 49.1 Å². The van der Waals surface area contributed by atoms with Crippen molar-refractivity contribution in [3.8, 4) is 0 Å². The van der Waals surface area contributed by atoms with E-state index in [1.165, 1.54) is 24.3 Å². The third-order valence-corrected chi connectivity index (χ3v) is 5.69. The molecule has 0 radical (unpaired) electrons. The van der Waals surface area contributed by atoms with Crippen LogP contribution >= 0.6 is 0 Å². The average Bonchev–Trinajstić information content (AvgIpc) is 2.60. The van der Waals surface area contributed by atoms with Gasteiger partial charge in [0.05, 0.1) is 5.75 Å². The van der Waals surface area contributed by atoms with Crippen molar-refractivity contribution in [1.82, 2.24) is 4.90 Å². The fraction of sp³-hybridized carbons (Fsp3) is 0.529. The van der Waals surface area contributed by atoms with Gasteiger partial charge in [0, 0.05) is 25.1 Å². The highest BCUT2D eigenvalue weighted by Gasteiger charge is 2.26. The van der Waals surface area contributed by atoms with Crippen LogP contribution in [0, 0.1) is 5.92 Å². The molecule has 1 amide bonds. The Labute approximate surface area is 150 Å². The number of carbonyl (C=O) groups is 2. The van der Waals surface area contributed by atoms with Crippen LogP contribution in [0.1, 0.15) is 41.6 Å². The minimum absolute atomic E-state index is 0.0694. The van der Waals surface area contributed by atoms with Crippen LogP contribution in [0.3, 0.4) is 0 Å². The predicted octanol–water partition coefficient (Wildman–Crippen LogP) is 2.54.